The van der Waals surface area contributed by atoms with E-state index < -0.39 is 0 Å². The molecular weight excluding hydrogens is 298 g/mol. The Bertz CT molecular complexity index is 903. The number of aromatic nitrogens is 2. The molecule has 0 spiro atoms. The highest BCUT2D eigenvalue weighted by atomic mass is 16.5. The zero-order valence-electron chi connectivity index (χ0n) is 14.3. The second kappa shape index (κ2) is 6.76. The first-order valence-corrected chi connectivity index (χ1v) is 8.14. The summed E-state index contributed by atoms with van der Waals surface area (Å²) in [5, 5.41) is 10.2. The second-order valence-electron chi connectivity index (χ2n) is 6.39. The highest BCUT2D eigenvalue weighted by molar-refractivity contribution is 5.86. The summed E-state index contributed by atoms with van der Waals surface area (Å²) in [6.45, 7) is 4.43. The molecule has 0 bridgehead atoms. The molecule has 0 atom stereocenters. The molecule has 3 aromatic rings. The minimum Gasteiger partial charge on any atom is -0.497 e. The molecule has 0 amide bonds. The largest absolute Gasteiger partial charge is 0.497 e. The van der Waals surface area contributed by atoms with Crippen molar-refractivity contribution in [2.75, 3.05) is 7.11 Å². The summed E-state index contributed by atoms with van der Waals surface area (Å²) in [6.07, 6.45) is 1.69. The Hall–Kier alpha value is -2.80. The maximum Gasteiger partial charge on any atom is 0.140 e. The second-order valence-corrected chi connectivity index (χ2v) is 6.39. The zero-order chi connectivity index (χ0) is 17.1. The van der Waals surface area contributed by atoms with Crippen LogP contribution < -0.4 is 4.74 Å². The number of ether oxygens (including phenoxy) is 1. The summed E-state index contributed by atoms with van der Waals surface area (Å²) in [5.74, 6) is 1.40. The lowest BCUT2D eigenvalue weighted by atomic mass is 9.99. The van der Waals surface area contributed by atoms with Crippen molar-refractivity contribution in [1.29, 1.82) is 5.26 Å². The number of pyridine rings is 1. The Kier molecular flexibility index (Phi) is 4.52. The molecule has 1 N–H and O–H groups in total. The van der Waals surface area contributed by atoms with Crippen LogP contribution in [0, 0.1) is 17.2 Å². The summed E-state index contributed by atoms with van der Waals surface area (Å²) in [5.41, 5.74) is 4.94. The van der Waals surface area contributed by atoms with Gasteiger partial charge in [-0.3, -0.25) is 0 Å². The molecule has 2 aromatic heterocycles. The SMILES string of the molecule is COc1ccc2c(Cc3cccc(C#N)n3)c(CC(C)C)[nH]c2c1. The van der Waals surface area contributed by atoms with Crippen LogP contribution in [0.25, 0.3) is 10.9 Å². The van der Waals surface area contributed by atoms with Gasteiger partial charge in [0.1, 0.15) is 17.5 Å². The standard InChI is InChI=1S/C20H21N3O/c1-13(2)9-19-18(10-14-5-4-6-15(12-21)22-14)17-8-7-16(24-3)11-20(17)23-19/h4-8,11,13,23H,9-10H2,1-3H3. The van der Waals surface area contributed by atoms with Crippen molar-refractivity contribution < 1.29 is 4.74 Å². The van der Waals surface area contributed by atoms with Gasteiger partial charge in [-0.25, -0.2) is 4.98 Å². The van der Waals surface area contributed by atoms with Crippen molar-refractivity contribution in [3.63, 3.8) is 0 Å². The Labute approximate surface area is 142 Å². The van der Waals surface area contributed by atoms with Crippen molar-refractivity contribution in [2.24, 2.45) is 5.92 Å². The molecule has 0 aliphatic heterocycles. The summed E-state index contributed by atoms with van der Waals surface area (Å²) in [6, 6.07) is 13.8. The molecule has 3 rings (SSSR count). The third kappa shape index (κ3) is 3.26. The van der Waals surface area contributed by atoms with Crippen LogP contribution in [-0.2, 0) is 12.8 Å². The molecule has 4 nitrogen and oxygen atoms in total. The lowest BCUT2D eigenvalue weighted by molar-refractivity contribution is 0.415. The molecule has 0 unspecified atom stereocenters. The molecule has 0 radical (unpaired) electrons. The number of rotatable bonds is 5. The highest BCUT2D eigenvalue weighted by Gasteiger charge is 2.14. The average Bonchev–Trinajstić information content (AvgIpc) is 2.90. The molecule has 0 saturated carbocycles. The van der Waals surface area contributed by atoms with Crippen LogP contribution in [0.3, 0.4) is 0 Å². The number of methoxy groups -OCH3 is 1. The zero-order valence-corrected chi connectivity index (χ0v) is 14.3. The van der Waals surface area contributed by atoms with E-state index in [1.54, 1.807) is 13.2 Å². The average molecular weight is 319 g/mol. The molecule has 0 aliphatic rings. The molecule has 24 heavy (non-hydrogen) atoms. The highest BCUT2D eigenvalue weighted by Crippen LogP contribution is 2.29. The molecule has 0 saturated heterocycles. The van der Waals surface area contributed by atoms with Crippen molar-refractivity contribution in [1.82, 2.24) is 9.97 Å². The van der Waals surface area contributed by atoms with Crippen molar-refractivity contribution in [2.45, 2.75) is 26.7 Å². The predicted octanol–water partition coefficient (Wildman–Crippen LogP) is 4.23. The number of nitrogens with zero attached hydrogens (tertiary/aromatic N) is 2. The summed E-state index contributed by atoms with van der Waals surface area (Å²) in [4.78, 5) is 7.97. The van der Waals surface area contributed by atoms with Crippen molar-refractivity contribution in [3.05, 3.63) is 59.0 Å². The van der Waals surface area contributed by atoms with Crippen LogP contribution >= 0.6 is 0 Å². The smallest absolute Gasteiger partial charge is 0.140 e. The van der Waals surface area contributed by atoms with E-state index in [0.717, 1.165) is 23.4 Å². The van der Waals surface area contributed by atoms with Gasteiger partial charge in [0, 0.05) is 34.8 Å². The number of nitrogens with one attached hydrogen (secondary N) is 1. The first-order valence-electron chi connectivity index (χ1n) is 8.14. The number of benzene rings is 1. The van der Waals surface area contributed by atoms with E-state index >= 15 is 0 Å². The number of nitriles is 1. The molecule has 1 aromatic carbocycles. The van der Waals surface area contributed by atoms with Crippen LogP contribution in [-0.4, -0.2) is 17.1 Å². The van der Waals surface area contributed by atoms with E-state index in [9.17, 15) is 0 Å². The van der Waals surface area contributed by atoms with Gasteiger partial charge < -0.3 is 9.72 Å². The summed E-state index contributed by atoms with van der Waals surface area (Å²) >= 11 is 0. The Morgan fingerprint density at radius 1 is 1.25 bits per heavy atom. The summed E-state index contributed by atoms with van der Waals surface area (Å²) < 4.78 is 5.33. The first kappa shape index (κ1) is 16.1. The molecule has 4 heteroatoms. The normalized spacial score (nSPS) is 11.0. The predicted molar refractivity (Wildman–Crippen MR) is 95.2 cm³/mol. The fraction of sp³-hybridized carbons (Fsp3) is 0.300. The van der Waals surface area contributed by atoms with Gasteiger partial charge in [0.05, 0.1) is 7.11 Å². The lowest BCUT2D eigenvalue weighted by Crippen LogP contribution is -2.01. The van der Waals surface area contributed by atoms with Crippen LogP contribution in [0.1, 0.15) is 36.5 Å². The Morgan fingerprint density at radius 3 is 2.79 bits per heavy atom. The van der Waals surface area contributed by atoms with E-state index in [1.807, 2.05) is 24.3 Å². The van der Waals surface area contributed by atoms with E-state index in [2.05, 4.69) is 36.0 Å². The van der Waals surface area contributed by atoms with E-state index in [4.69, 9.17) is 10.00 Å². The quantitative estimate of drug-likeness (QED) is 0.765. The molecule has 0 aliphatic carbocycles. The molecular formula is C20H21N3O. The van der Waals surface area contributed by atoms with Gasteiger partial charge in [-0.15, -0.1) is 0 Å². The number of hydrogen-bond acceptors (Lipinski definition) is 3. The maximum atomic E-state index is 9.06. The van der Waals surface area contributed by atoms with Crippen LogP contribution in [0.4, 0.5) is 0 Å². The Morgan fingerprint density at radius 2 is 2.08 bits per heavy atom. The van der Waals surface area contributed by atoms with Crippen LogP contribution in [0.2, 0.25) is 0 Å². The maximum absolute atomic E-state index is 9.06. The van der Waals surface area contributed by atoms with Gasteiger partial charge in [0.2, 0.25) is 0 Å². The molecule has 2 heterocycles. The third-order valence-electron chi connectivity index (χ3n) is 4.09. The Balaban J connectivity index is 2.07. The fourth-order valence-electron chi connectivity index (χ4n) is 3.02. The summed E-state index contributed by atoms with van der Waals surface area (Å²) in [7, 11) is 1.68. The number of aromatic amines is 1. The molecule has 122 valence electrons. The van der Waals surface area contributed by atoms with E-state index in [1.165, 1.54) is 16.6 Å². The molecule has 0 fully saturated rings. The van der Waals surface area contributed by atoms with Crippen molar-refractivity contribution >= 4 is 10.9 Å². The topological polar surface area (TPSA) is 61.7 Å². The van der Waals surface area contributed by atoms with Gasteiger partial charge >= 0.3 is 0 Å². The van der Waals surface area contributed by atoms with Gasteiger partial charge in [-0.05, 0) is 42.2 Å². The number of H-pyrrole nitrogens is 1. The van der Waals surface area contributed by atoms with Gasteiger partial charge in [0.15, 0.2) is 0 Å². The van der Waals surface area contributed by atoms with Crippen molar-refractivity contribution in [3.8, 4) is 11.8 Å². The minimum atomic E-state index is 0.458. The van der Waals surface area contributed by atoms with Crippen LogP contribution in [0.15, 0.2) is 36.4 Å². The number of fused-ring (bicyclic) bond motifs is 1. The monoisotopic (exact) mass is 319 g/mol. The van der Waals surface area contributed by atoms with Crippen LogP contribution in [0.5, 0.6) is 5.75 Å². The van der Waals surface area contributed by atoms with Gasteiger partial charge in [0.25, 0.3) is 0 Å². The van der Waals surface area contributed by atoms with E-state index in [0.29, 0.717) is 18.0 Å². The fourth-order valence-corrected chi connectivity index (χ4v) is 3.02. The third-order valence-corrected chi connectivity index (χ3v) is 4.09. The lowest BCUT2D eigenvalue weighted by Gasteiger charge is -2.07. The van der Waals surface area contributed by atoms with Gasteiger partial charge in [-0.1, -0.05) is 19.9 Å². The van der Waals surface area contributed by atoms with Gasteiger partial charge in [-0.2, -0.15) is 5.26 Å². The minimum absolute atomic E-state index is 0.458. The van der Waals surface area contributed by atoms with E-state index in [-0.39, 0.29) is 0 Å². The first-order chi connectivity index (χ1) is 11.6. The number of hydrogen-bond donors (Lipinski definition) is 1.